The molecule has 0 aliphatic heterocycles. The van der Waals surface area contributed by atoms with Crippen LogP contribution in [0, 0.1) is 0 Å². The average molecular weight is 279 g/mol. The van der Waals surface area contributed by atoms with Crippen molar-refractivity contribution in [3.63, 3.8) is 0 Å². The largest absolute Gasteiger partial charge is 0.472 e. The second kappa shape index (κ2) is 6.56. The molecule has 0 aromatic carbocycles. The van der Waals surface area contributed by atoms with Gasteiger partial charge in [-0.3, -0.25) is 0 Å². The molecule has 0 saturated carbocycles. The van der Waals surface area contributed by atoms with E-state index in [1.807, 2.05) is 13.0 Å². The van der Waals surface area contributed by atoms with E-state index in [2.05, 4.69) is 10.1 Å². The minimum absolute atomic E-state index is 0.0190. The van der Waals surface area contributed by atoms with E-state index in [1.165, 1.54) is 0 Å². The molecule has 6 heteroatoms. The highest BCUT2D eigenvalue weighted by molar-refractivity contribution is 5.99. The second-order valence-electron chi connectivity index (χ2n) is 5.02. The number of nitrogens with zero attached hydrogens (tertiary/aromatic N) is 2. The maximum Gasteiger partial charge on any atom is 0.225 e. The Hall–Kier alpha value is -1.82. The third kappa shape index (κ3) is 3.19. The summed E-state index contributed by atoms with van der Waals surface area (Å²) in [5.41, 5.74) is 8.47. The van der Waals surface area contributed by atoms with Gasteiger partial charge in [0.2, 0.25) is 5.88 Å². The number of ether oxygens (including phenoxy) is 2. The van der Waals surface area contributed by atoms with Gasteiger partial charge in [0, 0.05) is 12.8 Å². The van der Waals surface area contributed by atoms with Gasteiger partial charge in [-0.25, -0.2) is 4.98 Å². The molecule has 0 spiro atoms. The lowest BCUT2D eigenvalue weighted by atomic mass is 9.95. The van der Waals surface area contributed by atoms with Gasteiger partial charge >= 0.3 is 0 Å². The molecule has 110 valence electrons. The standard InChI is InChI=1S/C14H21N3O3/c1-9(8-19-2)20-14-11(13(15)17-18)7-10-5-3-4-6-12(10)16-14/h7,9,18H,3-6,8H2,1-2H3,(H2,15,17). The molecule has 0 amide bonds. The maximum atomic E-state index is 8.91. The van der Waals surface area contributed by atoms with Crippen molar-refractivity contribution in [3.05, 3.63) is 22.9 Å². The molecule has 0 fully saturated rings. The van der Waals surface area contributed by atoms with E-state index < -0.39 is 0 Å². The predicted molar refractivity (Wildman–Crippen MR) is 75.4 cm³/mol. The zero-order valence-electron chi connectivity index (χ0n) is 11.9. The van der Waals surface area contributed by atoms with Gasteiger partial charge in [-0.15, -0.1) is 0 Å². The summed E-state index contributed by atoms with van der Waals surface area (Å²) in [5, 5.41) is 12.0. The Morgan fingerprint density at radius 2 is 2.25 bits per heavy atom. The van der Waals surface area contributed by atoms with Crippen LogP contribution in [0.4, 0.5) is 0 Å². The molecule has 1 aromatic rings. The topological polar surface area (TPSA) is 90.0 Å². The Bertz CT molecular complexity index is 503. The zero-order valence-corrected chi connectivity index (χ0v) is 11.9. The SMILES string of the molecule is COCC(C)Oc1nc2c(cc1C(N)=NO)CCCC2. The van der Waals surface area contributed by atoms with Crippen LogP contribution in [-0.2, 0) is 17.6 Å². The van der Waals surface area contributed by atoms with Crippen molar-refractivity contribution in [1.82, 2.24) is 4.98 Å². The number of methoxy groups -OCH3 is 1. The van der Waals surface area contributed by atoms with Crippen molar-refractivity contribution in [2.45, 2.75) is 38.7 Å². The molecule has 0 saturated heterocycles. The van der Waals surface area contributed by atoms with E-state index in [0.29, 0.717) is 18.1 Å². The number of aryl methyl sites for hydroxylation is 2. The van der Waals surface area contributed by atoms with Gasteiger partial charge in [0.25, 0.3) is 0 Å². The van der Waals surface area contributed by atoms with Crippen molar-refractivity contribution in [2.75, 3.05) is 13.7 Å². The number of fused-ring (bicyclic) bond motifs is 1. The summed E-state index contributed by atoms with van der Waals surface area (Å²) in [6.45, 7) is 2.34. The number of aromatic nitrogens is 1. The summed E-state index contributed by atoms with van der Waals surface area (Å²) < 4.78 is 10.8. The van der Waals surface area contributed by atoms with Crippen molar-refractivity contribution in [2.24, 2.45) is 10.9 Å². The van der Waals surface area contributed by atoms with Crippen LogP contribution in [0.15, 0.2) is 11.2 Å². The van der Waals surface area contributed by atoms with E-state index in [-0.39, 0.29) is 11.9 Å². The third-order valence-electron chi connectivity index (χ3n) is 3.36. The molecule has 3 N–H and O–H groups in total. The molecule has 2 rings (SSSR count). The highest BCUT2D eigenvalue weighted by atomic mass is 16.5. The summed E-state index contributed by atoms with van der Waals surface area (Å²) in [6.07, 6.45) is 4.04. The molecule has 20 heavy (non-hydrogen) atoms. The van der Waals surface area contributed by atoms with Crippen LogP contribution in [0.25, 0.3) is 0 Å². The minimum Gasteiger partial charge on any atom is -0.472 e. The fourth-order valence-corrected chi connectivity index (χ4v) is 2.40. The normalized spacial score (nSPS) is 16.6. The van der Waals surface area contributed by atoms with Crippen molar-refractivity contribution < 1.29 is 14.7 Å². The third-order valence-corrected chi connectivity index (χ3v) is 3.36. The van der Waals surface area contributed by atoms with Gasteiger partial charge in [-0.2, -0.15) is 0 Å². The van der Waals surface area contributed by atoms with E-state index in [0.717, 1.165) is 36.9 Å². The quantitative estimate of drug-likeness (QED) is 0.369. The summed E-state index contributed by atoms with van der Waals surface area (Å²) in [6, 6.07) is 1.92. The Morgan fingerprint density at radius 3 is 2.95 bits per heavy atom. The molecule has 0 radical (unpaired) electrons. The molecular formula is C14H21N3O3. The summed E-state index contributed by atoms with van der Waals surface area (Å²) in [7, 11) is 1.62. The molecule has 0 bridgehead atoms. The van der Waals surface area contributed by atoms with Gasteiger partial charge in [0.05, 0.1) is 12.2 Å². The molecule has 1 unspecified atom stereocenters. The molecule has 1 heterocycles. The van der Waals surface area contributed by atoms with Gasteiger partial charge < -0.3 is 20.4 Å². The number of rotatable bonds is 5. The lowest BCUT2D eigenvalue weighted by Crippen LogP contribution is -2.23. The van der Waals surface area contributed by atoms with Crippen molar-refractivity contribution in [3.8, 4) is 5.88 Å². The Labute approximate surface area is 118 Å². The maximum absolute atomic E-state index is 8.91. The van der Waals surface area contributed by atoms with Gasteiger partial charge in [-0.05, 0) is 44.2 Å². The molecule has 1 aliphatic carbocycles. The van der Waals surface area contributed by atoms with Crippen molar-refractivity contribution in [1.29, 1.82) is 0 Å². The molecular weight excluding hydrogens is 258 g/mol. The van der Waals surface area contributed by atoms with Gasteiger partial charge in [-0.1, -0.05) is 5.16 Å². The van der Waals surface area contributed by atoms with E-state index in [4.69, 9.17) is 20.4 Å². The smallest absolute Gasteiger partial charge is 0.225 e. The Kier molecular flexibility index (Phi) is 4.79. The van der Waals surface area contributed by atoms with Crippen LogP contribution in [-0.4, -0.2) is 35.8 Å². The van der Waals surface area contributed by atoms with Crippen LogP contribution in [0.2, 0.25) is 0 Å². The van der Waals surface area contributed by atoms with Crippen LogP contribution >= 0.6 is 0 Å². The lowest BCUT2D eigenvalue weighted by Gasteiger charge is -2.20. The molecule has 6 nitrogen and oxygen atoms in total. The monoisotopic (exact) mass is 279 g/mol. The first-order valence-electron chi connectivity index (χ1n) is 6.82. The molecule has 1 atom stereocenters. The van der Waals surface area contributed by atoms with E-state index in [9.17, 15) is 0 Å². The first-order valence-corrected chi connectivity index (χ1v) is 6.82. The zero-order chi connectivity index (χ0) is 14.5. The second-order valence-corrected chi connectivity index (χ2v) is 5.02. The number of pyridine rings is 1. The fourth-order valence-electron chi connectivity index (χ4n) is 2.40. The van der Waals surface area contributed by atoms with Crippen LogP contribution in [0.5, 0.6) is 5.88 Å². The lowest BCUT2D eigenvalue weighted by molar-refractivity contribution is 0.0886. The molecule has 1 aliphatic rings. The number of oxime groups is 1. The number of hydrogen-bond acceptors (Lipinski definition) is 5. The highest BCUT2D eigenvalue weighted by Gasteiger charge is 2.19. The highest BCUT2D eigenvalue weighted by Crippen LogP contribution is 2.26. The van der Waals surface area contributed by atoms with Crippen LogP contribution in [0.1, 0.15) is 36.6 Å². The summed E-state index contributed by atoms with van der Waals surface area (Å²) in [5.74, 6) is 0.427. The van der Waals surface area contributed by atoms with Gasteiger partial charge in [0.15, 0.2) is 5.84 Å². The van der Waals surface area contributed by atoms with Crippen molar-refractivity contribution >= 4 is 5.84 Å². The van der Waals surface area contributed by atoms with Crippen LogP contribution < -0.4 is 10.5 Å². The predicted octanol–water partition coefficient (Wildman–Crippen LogP) is 1.47. The first-order chi connectivity index (χ1) is 9.65. The van der Waals surface area contributed by atoms with Gasteiger partial charge in [0.1, 0.15) is 6.10 Å². The fraction of sp³-hybridized carbons (Fsp3) is 0.571. The molecule has 1 aromatic heterocycles. The summed E-state index contributed by atoms with van der Waals surface area (Å²) >= 11 is 0. The number of amidine groups is 1. The number of hydrogen-bond donors (Lipinski definition) is 2. The van der Waals surface area contributed by atoms with Crippen LogP contribution in [0.3, 0.4) is 0 Å². The van der Waals surface area contributed by atoms with E-state index >= 15 is 0 Å². The van der Waals surface area contributed by atoms with E-state index in [1.54, 1.807) is 7.11 Å². The first kappa shape index (κ1) is 14.6. The summed E-state index contributed by atoms with van der Waals surface area (Å²) in [4.78, 5) is 4.55. The minimum atomic E-state index is -0.153. The Morgan fingerprint density at radius 1 is 1.50 bits per heavy atom. The Balaban J connectivity index is 2.36. The average Bonchev–Trinajstić information content (AvgIpc) is 2.46. The number of nitrogens with two attached hydrogens (primary N) is 1.